The molecule has 0 unspecified atom stereocenters. The van der Waals surface area contributed by atoms with Gasteiger partial charge in [0.25, 0.3) is 0 Å². The Labute approximate surface area is 55.3 Å². The van der Waals surface area contributed by atoms with Crippen molar-refractivity contribution in [2.45, 2.75) is 5.83 Å². The average molecular weight is 131 g/mol. The van der Waals surface area contributed by atoms with E-state index < -0.39 is 5.83 Å². The highest BCUT2D eigenvalue weighted by Gasteiger charge is 1.85. The second-order valence-corrected chi connectivity index (χ2v) is 1.36. The number of nitrogens with zero attached hydrogens (tertiary/aromatic N) is 2. The van der Waals surface area contributed by atoms with Gasteiger partial charge in [0.2, 0.25) is 0 Å². The fraction of sp³-hybridized carbons (Fsp3) is 0.200. The number of aromatic nitrogens is 2. The van der Waals surface area contributed by atoms with Gasteiger partial charge in [-0.15, -0.1) is 11.6 Å². The molecule has 0 amide bonds. The lowest BCUT2D eigenvalue weighted by Crippen LogP contribution is -1.85. The molecule has 3 heteroatoms. The number of hydrogen-bond acceptors (Lipinski definition) is 2. The van der Waals surface area contributed by atoms with Crippen LogP contribution in [0.25, 0.3) is 0 Å². The second kappa shape index (κ2) is 2.62. The molecule has 1 aromatic heterocycles. The first-order valence-corrected chi connectivity index (χ1v) is 2.45. The third-order valence-electron chi connectivity index (χ3n) is 0.650. The smallest absolute Gasteiger partial charge is 0.142 e. The van der Waals surface area contributed by atoms with Crippen LogP contribution in [0.5, 0.6) is 0 Å². The van der Waals surface area contributed by atoms with E-state index in [2.05, 4.69) is 9.97 Å². The van der Waals surface area contributed by atoms with E-state index in [1.54, 1.807) is 6.07 Å². The summed E-state index contributed by atoms with van der Waals surface area (Å²) in [7, 11) is 0. The largest absolute Gasteiger partial charge is 0.240 e. The Morgan fingerprint density at radius 2 is 2.25 bits per heavy atom. The van der Waals surface area contributed by atoms with Gasteiger partial charge in [-0.3, -0.25) is 0 Å². The molecule has 1 rings (SSSR count). The van der Waals surface area contributed by atoms with E-state index in [0.717, 1.165) is 0 Å². The van der Waals surface area contributed by atoms with Crippen molar-refractivity contribution in [2.75, 3.05) is 0 Å². The van der Waals surface area contributed by atoms with Crippen molar-refractivity contribution in [1.29, 1.82) is 0 Å². The molecule has 1 aromatic rings. The van der Waals surface area contributed by atoms with Gasteiger partial charge in [-0.25, -0.2) is 9.97 Å². The molecule has 2 nitrogen and oxygen atoms in total. The van der Waals surface area contributed by atoms with Gasteiger partial charge in [-0.2, -0.15) is 0 Å². The first kappa shape index (κ1) is 3.41. The molecular formula is C5H5ClN2. The van der Waals surface area contributed by atoms with Crippen molar-refractivity contribution in [2.24, 2.45) is 0 Å². The van der Waals surface area contributed by atoms with E-state index in [4.69, 9.17) is 14.3 Å². The molecule has 0 saturated heterocycles. The van der Waals surface area contributed by atoms with Crippen molar-refractivity contribution in [3.05, 3.63) is 24.3 Å². The molecule has 8 heavy (non-hydrogen) atoms. The van der Waals surface area contributed by atoms with Crippen LogP contribution in [0.2, 0.25) is 0 Å². The van der Waals surface area contributed by atoms with Gasteiger partial charge in [0, 0.05) is 12.4 Å². The third kappa shape index (κ3) is 1.17. The SMILES string of the molecule is [2H]C([2H])(Cl)c1ncccn1. The number of halogens is 1. The van der Waals surface area contributed by atoms with Crippen molar-refractivity contribution < 1.29 is 2.74 Å². The van der Waals surface area contributed by atoms with Gasteiger partial charge in [0.1, 0.15) is 5.82 Å². The van der Waals surface area contributed by atoms with Crippen LogP contribution in [-0.2, 0) is 5.83 Å². The normalized spacial score (nSPS) is 14.6. The summed E-state index contributed by atoms with van der Waals surface area (Å²) in [6.07, 6.45) is 2.89. The van der Waals surface area contributed by atoms with E-state index in [1.165, 1.54) is 12.4 Å². The molecule has 0 atom stereocenters. The monoisotopic (exact) mass is 130 g/mol. The predicted octanol–water partition coefficient (Wildman–Crippen LogP) is 1.22. The summed E-state index contributed by atoms with van der Waals surface area (Å²) in [5.74, 6) is -1.96. The summed E-state index contributed by atoms with van der Waals surface area (Å²) in [4.78, 5) is 7.26. The van der Waals surface area contributed by atoms with Crippen LogP contribution in [0, 0.1) is 0 Å². The summed E-state index contributed by atoms with van der Waals surface area (Å²) >= 11 is 5.27. The zero-order chi connectivity index (χ0) is 7.61. The molecule has 0 aromatic carbocycles. The molecule has 0 N–H and O–H groups in total. The van der Waals surface area contributed by atoms with E-state index >= 15 is 0 Å². The molecule has 0 aliphatic heterocycles. The standard InChI is InChI=1S/C5H5ClN2/c6-4-5-7-2-1-3-8-5/h1-3H,4H2/i4D2. The third-order valence-corrected chi connectivity index (χ3v) is 0.819. The maximum Gasteiger partial charge on any atom is 0.142 e. The van der Waals surface area contributed by atoms with Crippen LogP contribution in [0.3, 0.4) is 0 Å². The Morgan fingerprint density at radius 3 is 2.62 bits per heavy atom. The average Bonchev–Trinajstić information content (AvgIpc) is 1.88. The Kier molecular flexibility index (Phi) is 1.12. The van der Waals surface area contributed by atoms with Gasteiger partial charge in [-0.05, 0) is 6.07 Å². The van der Waals surface area contributed by atoms with Crippen molar-refractivity contribution in [1.82, 2.24) is 9.97 Å². The molecule has 0 bridgehead atoms. The molecule has 0 saturated carbocycles. The Hall–Kier alpha value is -0.630. The summed E-state index contributed by atoms with van der Waals surface area (Å²) < 4.78 is 14.0. The maximum atomic E-state index is 6.98. The van der Waals surface area contributed by atoms with Crippen LogP contribution in [0.4, 0.5) is 0 Å². The molecular weight excluding hydrogens is 124 g/mol. The highest BCUT2D eigenvalue weighted by molar-refractivity contribution is 6.16. The van der Waals surface area contributed by atoms with Gasteiger partial charge in [0.15, 0.2) is 0 Å². The van der Waals surface area contributed by atoms with Crippen LogP contribution < -0.4 is 0 Å². The zero-order valence-corrected chi connectivity index (χ0v) is 4.76. The van der Waals surface area contributed by atoms with E-state index in [9.17, 15) is 0 Å². The van der Waals surface area contributed by atoms with E-state index in [1.807, 2.05) is 0 Å². The van der Waals surface area contributed by atoms with Crippen LogP contribution in [0.15, 0.2) is 18.5 Å². The van der Waals surface area contributed by atoms with Crippen LogP contribution in [-0.4, -0.2) is 9.97 Å². The van der Waals surface area contributed by atoms with E-state index in [-0.39, 0.29) is 5.82 Å². The molecule has 0 radical (unpaired) electrons. The van der Waals surface area contributed by atoms with Crippen molar-refractivity contribution >= 4 is 11.6 Å². The lowest BCUT2D eigenvalue weighted by atomic mass is 10.6. The summed E-state index contributed by atoms with van der Waals surface area (Å²) in [5.41, 5.74) is 0. The summed E-state index contributed by atoms with van der Waals surface area (Å²) in [5, 5.41) is 0. The number of rotatable bonds is 1. The van der Waals surface area contributed by atoms with Gasteiger partial charge in [-0.1, -0.05) is 0 Å². The molecule has 0 spiro atoms. The molecule has 0 fully saturated rings. The maximum absolute atomic E-state index is 6.98. The van der Waals surface area contributed by atoms with Gasteiger partial charge >= 0.3 is 0 Å². The summed E-state index contributed by atoms with van der Waals surface area (Å²) in [6, 6.07) is 1.60. The lowest BCUT2D eigenvalue weighted by Gasteiger charge is -1.86. The Balaban J connectivity index is 2.97. The quantitative estimate of drug-likeness (QED) is 0.534. The van der Waals surface area contributed by atoms with Crippen LogP contribution in [0.1, 0.15) is 8.57 Å². The molecule has 1 heterocycles. The van der Waals surface area contributed by atoms with E-state index in [0.29, 0.717) is 0 Å². The number of hydrogen-bond donors (Lipinski definition) is 0. The fourth-order valence-electron chi connectivity index (χ4n) is 0.348. The predicted molar refractivity (Wildman–Crippen MR) is 31.6 cm³/mol. The minimum Gasteiger partial charge on any atom is -0.240 e. The fourth-order valence-corrected chi connectivity index (χ4v) is 0.445. The second-order valence-electron chi connectivity index (χ2n) is 1.17. The van der Waals surface area contributed by atoms with Crippen molar-refractivity contribution in [3.8, 4) is 0 Å². The zero-order valence-electron chi connectivity index (χ0n) is 6.00. The lowest BCUT2D eigenvalue weighted by molar-refractivity contribution is 1.03. The minimum atomic E-state index is -1.96. The highest BCUT2D eigenvalue weighted by atomic mass is 35.5. The first-order valence-electron chi connectivity index (χ1n) is 3.07. The topological polar surface area (TPSA) is 25.8 Å². The van der Waals surface area contributed by atoms with Crippen molar-refractivity contribution in [3.63, 3.8) is 0 Å². The number of alkyl halides is 1. The summed E-state index contributed by atoms with van der Waals surface area (Å²) in [6.45, 7) is 0. The Morgan fingerprint density at radius 1 is 1.62 bits per heavy atom. The van der Waals surface area contributed by atoms with Gasteiger partial charge < -0.3 is 0 Å². The van der Waals surface area contributed by atoms with Gasteiger partial charge in [0.05, 0.1) is 8.57 Å². The molecule has 0 aliphatic carbocycles. The molecule has 0 aliphatic rings. The minimum absolute atomic E-state index is 0.00309. The Bertz CT molecular complexity index is 209. The highest BCUT2D eigenvalue weighted by Crippen LogP contribution is 1.90. The molecule has 42 valence electrons. The first-order chi connectivity index (χ1) is 4.61. The van der Waals surface area contributed by atoms with Crippen LogP contribution >= 0.6 is 11.6 Å².